The molecule has 11 heteroatoms. The van der Waals surface area contributed by atoms with Crippen molar-refractivity contribution in [3.8, 4) is 0 Å². The predicted octanol–water partition coefficient (Wildman–Crippen LogP) is 3.39. The minimum Gasteiger partial charge on any atom is -0.627 e. The third kappa shape index (κ3) is 4.66. The van der Waals surface area contributed by atoms with Crippen LogP contribution in [0.4, 0.5) is 17.5 Å². The summed E-state index contributed by atoms with van der Waals surface area (Å²) < 4.78 is 1.30. The molecule has 2 aliphatic rings. The Morgan fingerprint density at radius 3 is 2.51 bits per heavy atom. The van der Waals surface area contributed by atoms with Crippen LogP contribution in [-0.4, -0.2) is 51.5 Å². The standard InChI is InChI=1S/C24H29N7O3.ClH/c1-15-19-14-27-24(28-20-8-7-18(13-26-20)31(34)11-9-25-10-12-31)29-22(19)30(17-5-3-4-6-17)23(33)21(15)16(2)32;/h7-8,13-14,17,25H,3-6,9-12H2,1-2H3,(H,26,27,28,29);1H. The van der Waals surface area contributed by atoms with Gasteiger partial charge in [0.2, 0.25) is 5.95 Å². The Morgan fingerprint density at radius 1 is 1.17 bits per heavy atom. The third-order valence-electron chi connectivity index (χ3n) is 7.01. The van der Waals surface area contributed by atoms with Gasteiger partial charge in [-0.2, -0.15) is 4.98 Å². The van der Waals surface area contributed by atoms with Crippen molar-refractivity contribution in [1.82, 2.24) is 29.5 Å². The lowest BCUT2D eigenvalue weighted by molar-refractivity contribution is 0.101. The molecule has 2 N–H and O–H groups in total. The molecule has 1 saturated carbocycles. The second-order valence-corrected chi connectivity index (χ2v) is 9.21. The van der Waals surface area contributed by atoms with Crippen LogP contribution < -0.4 is 20.8 Å². The second-order valence-electron chi connectivity index (χ2n) is 9.21. The average Bonchev–Trinajstić information content (AvgIpc) is 3.34. The van der Waals surface area contributed by atoms with Crippen LogP contribution in [0.5, 0.6) is 0 Å². The fourth-order valence-corrected chi connectivity index (χ4v) is 5.14. The van der Waals surface area contributed by atoms with Crippen molar-refractivity contribution in [1.29, 1.82) is 0 Å². The van der Waals surface area contributed by atoms with Gasteiger partial charge < -0.3 is 20.5 Å². The van der Waals surface area contributed by atoms with E-state index in [4.69, 9.17) is 0 Å². The number of rotatable bonds is 5. The molecule has 3 aromatic rings. The Morgan fingerprint density at radius 2 is 1.89 bits per heavy atom. The molecular weight excluding hydrogens is 470 g/mol. The lowest BCUT2D eigenvalue weighted by Gasteiger charge is -2.44. The number of hydrogen-bond acceptors (Lipinski definition) is 8. The molecule has 5 rings (SSSR count). The van der Waals surface area contributed by atoms with Crippen molar-refractivity contribution in [2.75, 3.05) is 31.5 Å². The van der Waals surface area contributed by atoms with Crippen LogP contribution in [-0.2, 0) is 0 Å². The van der Waals surface area contributed by atoms with Crippen LogP contribution in [0.3, 0.4) is 0 Å². The number of halogens is 1. The Labute approximate surface area is 209 Å². The smallest absolute Gasteiger partial charge is 0.263 e. The van der Waals surface area contributed by atoms with Crippen LogP contribution in [0.2, 0.25) is 0 Å². The molecule has 3 aromatic heterocycles. The number of carbonyl (C=O) groups excluding carboxylic acids is 1. The van der Waals surface area contributed by atoms with E-state index in [0.717, 1.165) is 25.7 Å². The summed E-state index contributed by atoms with van der Waals surface area (Å²) in [5, 5.41) is 20.0. The molecule has 0 radical (unpaired) electrons. The third-order valence-corrected chi connectivity index (χ3v) is 7.01. The zero-order valence-corrected chi connectivity index (χ0v) is 20.7. The number of hydrogen-bond donors (Lipinski definition) is 2. The number of Topliss-reactive ketones (excluding diaryl/α,β-unsaturated/α-hetero) is 1. The van der Waals surface area contributed by atoms with Gasteiger partial charge in [-0.05, 0) is 38.3 Å². The molecule has 35 heavy (non-hydrogen) atoms. The molecule has 0 amide bonds. The summed E-state index contributed by atoms with van der Waals surface area (Å²) >= 11 is 0. The number of pyridine rings is 2. The normalized spacial score (nSPS) is 17.8. The van der Waals surface area contributed by atoms with Crippen LogP contribution in [0, 0.1) is 12.1 Å². The fraction of sp³-hybridized carbons (Fsp3) is 0.458. The molecule has 0 spiro atoms. The molecule has 0 bridgehead atoms. The van der Waals surface area contributed by atoms with Crippen molar-refractivity contribution in [2.45, 2.75) is 45.6 Å². The van der Waals surface area contributed by atoms with E-state index in [-0.39, 0.29) is 35.4 Å². The average molecular weight is 500 g/mol. The van der Waals surface area contributed by atoms with Gasteiger partial charge in [-0.15, -0.1) is 12.4 Å². The number of piperazine rings is 1. The van der Waals surface area contributed by atoms with Crippen molar-refractivity contribution in [3.63, 3.8) is 0 Å². The minimum absolute atomic E-state index is 0. The highest BCUT2D eigenvalue weighted by atomic mass is 35.5. The maximum Gasteiger partial charge on any atom is 0.263 e. The molecule has 0 unspecified atom stereocenters. The summed E-state index contributed by atoms with van der Waals surface area (Å²) in [7, 11) is 0. The first-order valence-electron chi connectivity index (χ1n) is 11.8. The molecule has 0 atom stereocenters. The summed E-state index contributed by atoms with van der Waals surface area (Å²) in [6.45, 7) is 5.51. The lowest BCUT2D eigenvalue weighted by atomic mass is 10.0. The number of ketones is 1. The molecule has 1 saturated heterocycles. The van der Waals surface area contributed by atoms with Crippen molar-refractivity contribution in [3.05, 3.63) is 51.2 Å². The first-order valence-corrected chi connectivity index (χ1v) is 11.8. The lowest BCUT2D eigenvalue weighted by Crippen LogP contribution is -2.55. The number of carbonyl (C=O) groups is 1. The first-order chi connectivity index (χ1) is 16.4. The van der Waals surface area contributed by atoms with E-state index in [1.165, 1.54) is 6.92 Å². The first kappa shape index (κ1) is 25.2. The number of fused-ring (bicyclic) bond motifs is 1. The van der Waals surface area contributed by atoms with E-state index >= 15 is 0 Å². The van der Waals surface area contributed by atoms with Crippen LogP contribution in [0.1, 0.15) is 54.6 Å². The Balaban J connectivity index is 0.00000289. The van der Waals surface area contributed by atoms with E-state index in [0.29, 0.717) is 60.2 Å². The maximum atomic E-state index is 13.3. The van der Waals surface area contributed by atoms with E-state index in [1.54, 1.807) is 36.0 Å². The molecule has 1 aliphatic carbocycles. The van der Waals surface area contributed by atoms with Gasteiger partial charge in [0, 0.05) is 36.8 Å². The Bertz CT molecular complexity index is 1300. The molecular formula is C24H30ClN7O3. The largest absolute Gasteiger partial charge is 0.627 e. The molecule has 4 heterocycles. The number of anilines is 2. The SMILES string of the molecule is CC(=O)c1c(C)c2cnc(Nc3ccc([N+]4([O-])CCNCC4)cn3)nc2n(C2CCCC2)c1=O.Cl. The summed E-state index contributed by atoms with van der Waals surface area (Å²) in [5.41, 5.74) is 1.68. The van der Waals surface area contributed by atoms with E-state index in [9.17, 15) is 14.8 Å². The quantitative estimate of drug-likeness (QED) is 0.311. The molecule has 186 valence electrons. The number of nitrogens with zero attached hydrogens (tertiary/aromatic N) is 5. The maximum absolute atomic E-state index is 13.3. The van der Waals surface area contributed by atoms with Crippen LogP contribution >= 0.6 is 12.4 Å². The molecule has 10 nitrogen and oxygen atoms in total. The van der Waals surface area contributed by atoms with Gasteiger partial charge in [0.25, 0.3) is 5.56 Å². The number of quaternary nitrogens is 1. The van der Waals surface area contributed by atoms with Gasteiger partial charge in [-0.1, -0.05) is 12.8 Å². The molecule has 2 fully saturated rings. The van der Waals surface area contributed by atoms with Gasteiger partial charge in [-0.25, -0.2) is 9.97 Å². The van der Waals surface area contributed by atoms with Gasteiger partial charge >= 0.3 is 0 Å². The van der Waals surface area contributed by atoms with Crippen molar-refractivity contribution >= 4 is 46.7 Å². The Kier molecular flexibility index (Phi) is 7.18. The van der Waals surface area contributed by atoms with Crippen LogP contribution in [0.25, 0.3) is 11.0 Å². The van der Waals surface area contributed by atoms with Gasteiger partial charge in [0.1, 0.15) is 11.5 Å². The number of hydroxylamine groups is 2. The number of aryl methyl sites for hydroxylation is 1. The second kappa shape index (κ2) is 9.98. The van der Waals surface area contributed by atoms with Crippen molar-refractivity contribution in [2.24, 2.45) is 0 Å². The predicted molar refractivity (Wildman–Crippen MR) is 139 cm³/mol. The van der Waals surface area contributed by atoms with E-state index in [2.05, 4.69) is 25.6 Å². The van der Waals surface area contributed by atoms with E-state index in [1.807, 2.05) is 0 Å². The number of aromatic nitrogens is 4. The highest BCUT2D eigenvalue weighted by Crippen LogP contribution is 2.32. The highest BCUT2D eigenvalue weighted by molar-refractivity contribution is 5.99. The highest BCUT2D eigenvalue weighted by Gasteiger charge is 2.26. The number of nitrogens with one attached hydrogen (secondary N) is 2. The summed E-state index contributed by atoms with van der Waals surface area (Å²) in [6, 6.07) is 3.55. The topological polar surface area (TPSA) is 125 Å². The minimum atomic E-state index is -0.391. The summed E-state index contributed by atoms with van der Waals surface area (Å²) in [6.07, 6.45) is 7.11. The van der Waals surface area contributed by atoms with Gasteiger partial charge in [0.05, 0.1) is 24.8 Å². The molecule has 0 aromatic carbocycles. The van der Waals surface area contributed by atoms with Gasteiger partial charge in [-0.3, -0.25) is 14.2 Å². The van der Waals surface area contributed by atoms with Gasteiger partial charge in [0.15, 0.2) is 11.5 Å². The molecule has 1 aliphatic heterocycles. The van der Waals surface area contributed by atoms with Crippen LogP contribution in [0.15, 0.2) is 29.3 Å². The zero-order chi connectivity index (χ0) is 23.9. The van der Waals surface area contributed by atoms with E-state index < -0.39 is 4.65 Å². The Hall–Kier alpha value is -2.92. The van der Waals surface area contributed by atoms with Crippen molar-refractivity contribution < 1.29 is 4.79 Å². The zero-order valence-electron chi connectivity index (χ0n) is 19.9. The summed E-state index contributed by atoms with van der Waals surface area (Å²) in [4.78, 5) is 39.1. The fourth-order valence-electron chi connectivity index (χ4n) is 5.14. The monoisotopic (exact) mass is 499 g/mol. The summed E-state index contributed by atoms with van der Waals surface area (Å²) in [5.74, 6) is 0.574.